The summed E-state index contributed by atoms with van der Waals surface area (Å²) in [5.41, 5.74) is 8.20. The number of aromatic nitrogens is 1. The molecule has 3 nitrogen and oxygen atoms in total. The van der Waals surface area contributed by atoms with E-state index in [1.807, 2.05) is 36.4 Å². The molecule has 2 N–H and O–H groups in total. The molecule has 0 aliphatic heterocycles. The Morgan fingerprint density at radius 1 is 1.19 bits per heavy atom. The topological polar surface area (TPSA) is 48.1 Å². The highest BCUT2D eigenvalue weighted by atomic mass is 79.9. The zero-order chi connectivity index (χ0) is 15.0. The molecule has 2 aromatic carbocycles. The van der Waals surface area contributed by atoms with E-state index in [0.717, 1.165) is 27.6 Å². The zero-order valence-electron chi connectivity index (χ0n) is 11.2. The molecular weight excluding hydrogens is 352 g/mol. The van der Waals surface area contributed by atoms with Crippen LogP contribution in [0.25, 0.3) is 21.9 Å². The molecule has 0 aliphatic rings. The predicted molar refractivity (Wildman–Crippen MR) is 90.9 cm³/mol. The molecule has 0 unspecified atom stereocenters. The van der Waals surface area contributed by atoms with Gasteiger partial charge in [0.1, 0.15) is 10.4 Å². The largest absolute Gasteiger partial charge is 0.496 e. The maximum absolute atomic E-state index is 6.13. The van der Waals surface area contributed by atoms with Crippen molar-refractivity contribution in [3.8, 4) is 16.9 Å². The summed E-state index contributed by atoms with van der Waals surface area (Å²) in [6.07, 6.45) is 1.53. The Morgan fingerprint density at radius 2 is 1.86 bits per heavy atom. The number of fused-ring (bicyclic) bond motifs is 1. The van der Waals surface area contributed by atoms with Crippen LogP contribution in [-0.2, 0) is 0 Å². The lowest BCUT2D eigenvalue weighted by Gasteiger charge is -2.14. The van der Waals surface area contributed by atoms with E-state index >= 15 is 0 Å². The third-order valence-corrected chi connectivity index (χ3v) is 4.26. The number of halogens is 2. The molecule has 0 saturated heterocycles. The van der Waals surface area contributed by atoms with Crippen LogP contribution >= 0.6 is 27.5 Å². The van der Waals surface area contributed by atoms with Crippen LogP contribution in [0.2, 0.25) is 5.02 Å². The Hall–Kier alpha value is -1.78. The lowest BCUT2D eigenvalue weighted by atomic mass is 10.00. The van der Waals surface area contributed by atoms with Gasteiger partial charge in [-0.25, -0.2) is 4.98 Å². The number of anilines is 1. The van der Waals surface area contributed by atoms with Crippen molar-refractivity contribution in [1.82, 2.24) is 4.98 Å². The fourth-order valence-electron chi connectivity index (χ4n) is 2.32. The fraction of sp³-hybridized carbons (Fsp3) is 0.0625. The van der Waals surface area contributed by atoms with E-state index in [9.17, 15) is 0 Å². The maximum Gasteiger partial charge on any atom is 0.127 e. The van der Waals surface area contributed by atoms with Gasteiger partial charge in [0, 0.05) is 17.3 Å². The summed E-state index contributed by atoms with van der Waals surface area (Å²) in [5, 5.41) is 2.62. The highest BCUT2D eigenvalue weighted by Crippen LogP contribution is 2.42. The summed E-state index contributed by atoms with van der Waals surface area (Å²) < 4.78 is 6.15. The highest BCUT2D eigenvalue weighted by Gasteiger charge is 2.16. The summed E-state index contributed by atoms with van der Waals surface area (Å²) in [6, 6.07) is 12.1. The van der Waals surface area contributed by atoms with Gasteiger partial charge in [0.25, 0.3) is 0 Å². The first-order chi connectivity index (χ1) is 10.1. The Bertz CT molecular complexity index is 836. The van der Waals surface area contributed by atoms with Gasteiger partial charge in [-0.2, -0.15) is 0 Å². The van der Waals surface area contributed by atoms with Gasteiger partial charge in [-0.05, 0) is 38.8 Å². The molecule has 0 radical (unpaired) electrons. The first-order valence-electron chi connectivity index (χ1n) is 6.28. The second kappa shape index (κ2) is 5.54. The van der Waals surface area contributed by atoms with Gasteiger partial charge < -0.3 is 10.5 Å². The zero-order valence-corrected chi connectivity index (χ0v) is 13.6. The average Bonchev–Trinajstić information content (AvgIpc) is 2.50. The van der Waals surface area contributed by atoms with Gasteiger partial charge in [-0.3, -0.25) is 0 Å². The number of nitrogen functional groups attached to an aromatic ring is 1. The number of rotatable bonds is 2. The molecule has 0 fully saturated rings. The van der Waals surface area contributed by atoms with E-state index in [4.69, 9.17) is 22.1 Å². The van der Waals surface area contributed by atoms with E-state index in [-0.39, 0.29) is 0 Å². The summed E-state index contributed by atoms with van der Waals surface area (Å²) in [4.78, 5) is 4.22. The van der Waals surface area contributed by atoms with E-state index < -0.39 is 0 Å². The summed E-state index contributed by atoms with van der Waals surface area (Å²) >= 11 is 9.54. The maximum atomic E-state index is 6.13. The molecule has 0 aliphatic carbocycles. The van der Waals surface area contributed by atoms with Crippen LogP contribution in [0.1, 0.15) is 0 Å². The van der Waals surface area contributed by atoms with Gasteiger partial charge >= 0.3 is 0 Å². The van der Waals surface area contributed by atoms with Crippen LogP contribution in [0.4, 0.5) is 5.69 Å². The van der Waals surface area contributed by atoms with Gasteiger partial charge in [0.15, 0.2) is 0 Å². The van der Waals surface area contributed by atoms with E-state index in [2.05, 4.69) is 20.9 Å². The molecule has 3 rings (SSSR count). The number of hydrogen-bond acceptors (Lipinski definition) is 3. The van der Waals surface area contributed by atoms with Crippen molar-refractivity contribution in [3.63, 3.8) is 0 Å². The number of benzene rings is 2. The van der Waals surface area contributed by atoms with Crippen LogP contribution < -0.4 is 10.5 Å². The van der Waals surface area contributed by atoms with E-state index in [1.165, 1.54) is 6.20 Å². The van der Waals surface area contributed by atoms with Gasteiger partial charge in [-0.1, -0.05) is 35.9 Å². The van der Waals surface area contributed by atoms with Crippen LogP contribution in [0.3, 0.4) is 0 Å². The highest BCUT2D eigenvalue weighted by molar-refractivity contribution is 9.10. The number of hydrogen-bond donors (Lipinski definition) is 1. The monoisotopic (exact) mass is 362 g/mol. The molecule has 1 aromatic heterocycles. The first-order valence-corrected chi connectivity index (χ1v) is 7.45. The summed E-state index contributed by atoms with van der Waals surface area (Å²) in [5.74, 6) is 0.727. The molecule has 0 bridgehead atoms. The van der Waals surface area contributed by atoms with E-state index in [1.54, 1.807) is 7.11 Å². The van der Waals surface area contributed by atoms with Crippen molar-refractivity contribution in [2.24, 2.45) is 0 Å². The van der Waals surface area contributed by atoms with Crippen molar-refractivity contribution in [3.05, 3.63) is 52.2 Å². The summed E-state index contributed by atoms with van der Waals surface area (Å²) in [6.45, 7) is 0. The van der Waals surface area contributed by atoms with Crippen molar-refractivity contribution in [2.75, 3.05) is 12.8 Å². The molecule has 21 heavy (non-hydrogen) atoms. The second-order valence-corrected chi connectivity index (χ2v) is 5.74. The molecule has 0 amide bonds. The molecule has 0 atom stereocenters. The Kier molecular flexibility index (Phi) is 3.74. The SMILES string of the molecule is COc1cc2ccccc2cc1-c1c(Br)ncc(Cl)c1N. The average molecular weight is 364 g/mol. The van der Waals surface area contributed by atoms with Gasteiger partial charge in [-0.15, -0.1) is 0 Å². The lowest BCUT2D eigenvalue weighted by molar-refractivity contribution is 0.417. The van der Waals surface area contributed by atoms with Crippen LogP contribution in [-0.4, -0.2) is 12.1 Å². The van der Waals surface area contributed by atoms with Crippen molar-refractivity contribution in [2.45, 2.75) is 0 Å². The molecule has 0 spiro atoms. The third-order valence-electron chi connectivity index (χ3n) is 3.36. The van der Waals surface area contributed by atoms with Crippen molar-refractivity contribution >= 4 is 44.0 Å². The number of pyridine rings is 1. The van der Waals surface area contributed by atoms with Gasteiger partial charge in [0.05, 0.1) is 17.8 Å². The normalized spacial score (nSPS) is 10.8. The molecule has 106 valence electrons. The molecule has 1 heterocycles. The number of methoxy groups -OCH3 is 1. The minimum atomic E-state index is 0.420. The van der Waals surface area contributed by atoms with Crippen molar-refractivity contribution < 1.29 is 4.74 Å². The minimum Gasteiger partial charge on any atom is -0.496 e. The second-order valence-electron chi connectivity index (χ2n) is 4.59. The minimum absolute atomic E-state index is 0.420. The predicted octanol–water partition coefficient (Wildman–Crippen LogP) is 4.91. The quantitative estimate of drug-likeness (QED) is 0.658. The Balaban J connectivity index is 2.36. The number of nitrogens with two attached hydrogens (primary N) is 1. The van der Waals surface area contributed by atoms with Gasteiger partial charge in [0.2, 0.25) is 0 Å². The van der Waals surface area contributed by atoms with Crippen molar-refractivity contribution in [1.29, 1.82) is 0 Å². The number of ether oxygens (including phenoxy) is 1. The van der Waals surface area contributed by atoms with Crippen LogP contribution in [0.15, 0.2) is 47.2 Å². The lowest BCUT2D eigenvalue weighted by Crippen LogP contribution is -1.97. The fourth-order valence-corrected chi connectivity index (χ4v) is 2.99. The molecule has 5 heteroatoms. The molecule has 3 aromatic rings. The van der Waals surface area contributed by atoms with Crippen LogP contribution in [0, 0.1) is 0 Å². The first kappa shape index (κ1) is 14.2. The van der Waals surface area contributed by atoms with E-state index in [0.29, 0.717) is 15.3 Å². The molecule has 0 saturated carbocycles. The number of nitrogens with zero attached hydrogens (tertiary/aromatic N) is 1. The Morgan fingerprint density at radius 3 is 2.52 bits per heavy atom. The third kappa shape index (κ3) is 2.45. The molecular formula is C16H12BrClN2O. The van der Waals surface area contributed by atoms with Crippen LogP contribution in [0.5, 0.6) is 5.75 Å². The smallest absolute Gasteiger partial charge is 0.127 e. The Labute approximate surface area is 135 Å². The summed E-state index contributed by atoms with van der Waals surface area (Å²) in [7, 11) is 1.63. The standard InChI is InChI=1S/C16H12BrClN2O/c1-21-13-7-10-5-3-2-4-9(10)6-11(13)14-15(19)12(18)8-20-16(14)17/h2-8H,1H3,(H2,19,20).